The van der Waals surface area contributed by atoms with Crippen molar-refractivity contribution in [2.45, 2.75) is 58.5 Å². The lowest BCUT2D eigenvalue weighted by molar-refractivity contribution is -0.127. The standard InChI is InChI=1S/C28H36N4O3/c1-19(20-10-14-24(34-5)15-11-20)29-27(33)22-7-6-16-32(17-22)18-25-30-26(31-35-25)21-8-12-23(13-9-21)28(2,3)4/h8-15,19,22H,6-7,16-18H2,1-5H3,(H,29,33). The third-order valence-corrected chi connectivity index (χ3v) is 6.69. The van der Waals surface area contributed by atoms with Crippen LogP contribution in [0.2, 0.25) is 0 Å². The number of likely N-dealkylation sites (tertiary alicyclic amines) is 1. The van der Waals surface area contributed by atoms with E-state index in [1.165, 1.54) is 5.56 Å². The zero-order valence-corrected chi connectivity index (χ0v) is 21.4. The fourth-order valence-corrected chi connectivity index (χ4v) is 4.47. The molecule has 0 saturated carbocycles. The van der Waals surface area contributed by atoms with Crippen molar-refractivity contribution < 1.29 is 14.1 Å². The molecule has 0 bridgehead atoms. The van der Waals surface area contributed by atoms with Crippen molar-refractivity contribution in [1.29, 1.82) is 0 Å². The smallest absolute Gasteiger partial charge is 0.241 e. The van der Waals surface area contributed by atoms with E-state index in [0.29, 0.717) is 24.8 Å². The molecule has 4 rings (SSSR count). The van der Waals surface area contributed by atoms with Crippen LogP contribution in [0.1, 0.15) is 63.6 Å². The summed E-state index contributed by atoms with van der Waals surface area (Å²) in [6.45, 7) is 10.7. The van der Waals surface area contributed by atoms with Gasteiger partial charge in [0.05, 0.1) is 25.6 Å². The SMILES string of the molecule is COc1ccc(C(C)NC(=O)C2CCCN(Cc3nc(-c4ccc(C(C)(C)C)cc4)no3)C2)cc1. The van der Waals surface area contributed by atoms with E-state index in [-0.39, 0.29) is 23.3 Å². The second-order valence-electron chi connectivity index (χ2n) is 10.4. The normalized spacial score (nSPS) is 17.7. The predicted molar refractivity (Wildman–Crippen MR) is 136 cm³/mol. The molecule has 1 amide bonds. The monoisotopic (exact) mass is 476 g/mol. The van der Waals surface area contributed by atoms with Crippen molar-refractivity contribution in [2.24, 2.45) is 5.92 Å². The quantitative estimate of drug-likeness (QED) is 0.509. The van der Waals surface area contributed by atoms with Gasteiger partial charge in [-0.15, -0.1) is 0 Å². The third-order valence-electron chi connectivity index (χ3n) is 6.69. The van der Waals surface area contributed by atoms with E-state index >= 15 is 0 Å². The van der Waals surface area contributed by atoms with Gasteiger partial charge in [-0.25, -0.2) is 0 Å². The lowest BCUT2D eigenvalue weighted by Gasteiger charge is -2.31. The minimum absolute atomic E-state index is 0.0585. The Balaban J connectivity index is 1.33. The average molecular weight is 477 g/mol. The summed E-state index contributed by atoms with van der Waals surface area (Å²) in [7, 11) is 1.65. The largest absolute Gasteiger partial charge is 0.497 e. The summed E-state index contributed by atoms with van der Waals surface area (Å²) in [4.78, 5) is 19.8. The Kier molecular flexibility index (Phi) is 7.55. The number of benzene rings is 2. The second-order valence-corrected chi connectivity index (χ2v) is 10.4. The topological polar surface area (TPSA) is 80.5 Å². The fraction of sp³-hybridized carbons (Fsp3) is 0.464. The Bertz CT molecular complexity index is 1120. The van der Waals surface area contributed by atoms with Crippen molar-refractivity contribution in [3.8, 4) is 17.1 Å². The van der Waals surface area contributed by atoms with E-state index in [2.05, 4.69) is 53.3 Å². The van der Waals surface area contributed by atoms with Crippen LogP contribution in [0, 0.1) is 5.92 Å². The molecule has 1 aliphatic rings. The molecule has 1 saturated heterocycles. The molecule has 0 radical (unpaired) electrons. The van der Waals surface area contributed by atoms with Crippen LogP contribution in [0.5, 0.6) is 5.75 Å². The highest BCUT2D eigenvalue weighted by Gasteiger charge is 2.28. The van der Waals surface area contributed by atoms with Gasteiger partial charge in [-0.2, -0.15) is 4.98 Å². The first-order chi connectivity index (χ1) is 16.7. The summed E-state index contributed by atoms with van der Waals surface area (Å²) >= 11 is 0. The van der Waals surface area contributed by atoms with E-state index in [0.717, 1.165) is 36.3 Å². The Morgan fingerprint density at radius 3 is 2.54 bits per heavy atom. The van der Waals surface area contributed by atoms with Crippen molar-refractivity contribution in [3.05, 3.63) is 65.5 Å². The van der Waals surface area contributed by atoms with Crippen LogP contribution in [0.4, 0.5) is 0 Å². The molecule has 3 aromatic rings. The highest BCUT2D eigenvalue weighted by Crippen LogP contribution is 2.26. The number of amides is 1. The van der Waals surface area contributed by atoms with Gasteiger partial charge in [0, 0.05) is 12.1 Å². The first-order valence-corrected chi connectivity index (χ1v) is 12.3. The van der Waals surface area contributed by atoms with E-state index in [1.54, 1.807) is 7.11 Å². The first kappa shape index (κ1) is 24.9. The van der Waals surface area contributed by atoms with Crippen molar-refractivity contribution in [3.63, 3.8) is 0 Å². The number of methoxy groups -OCH3 is 1. The maximum absolute atomic E-state index is 13.0. The van der Waals surface area contributed by atoms with Gasteiger partial charge in [-0.05, 0) is 55.0 Å². The summed E-state index contributed by atoms with van der Waals surface area (Å²) < 4.78 is 10.8. The van der Waals surface area contributed by atoms with Crippen molar-refractivity contribution >= 4 is 5.91 Å². The van der Waals surface area contributed by atoms with Crippen molar-refractivity contribution in [2.75, 3.05) is 20.2 Å². The van der Waals surface area contributed by atoms with Gasteiger partial charge < -0.3 is 14.6 Å². The Morgan fingerprint density at radius 2 is 1.89 bits per heavy atom. The maximum atomic E-state index is 13.0. The van der Waals surface area contributed by atoms with Crippen molar-refractivity contribution in [1.82, 2.24) is 20.4 Å². The van der Waals surface area contributed by atoms with Gasteiger partial charge >= 0.3 is 0 Å². The summed E-state index contributed by atoms with van der Waals surface area (Å²) in [5, 5.41) is 7.35. The van der Waals surface area contributed by atoms with Gasteiger partial charge in [0.25, 0.3) is 0 Å². The fourth-order valence-electron chi connectivity index (χ4n) is 4.47. The summed E-state index contributed by atoms with van der Waals surface area (Å²) in [5.74, 6) is 2.01. The number of nitrogens with zero attached hydrogens (tertiary/aromatic N) is 3. The Hall–Kier alpha value is -3.19. The molecule has 186 valence electrons. The molecule has 2 atom stereocenters. The molecule has 7 nitrogen and oxygen atoms in total. The minimum atomic E-state index is -0.0630. The molecule has 1 aromatic heterocycles. The molecule has 7 heteroatoms. The van der Waals surface area contributed by atoms with Gasteiger partial charge in [-0.3, -0.25) is 9.69 Å². The number of hydrogen-bond acceptors (Lipinski definition) is 6. The predicted octanol–water partition coefficient (Wildman–Crippen LogP) is 5.13. The van der Waals surface area contributed by atoms with Gasteiger partial charge in [-0.1, -0.05) is 62.3 Å². The summed E-state index contributed by atoms with van der Waals surface area (Å²) in [6.07, 6.45) is 1.84. The average Bonchev–Trinajstić information content (AvgIpc) is 3.32. The highest BCUT2D eigenvalue weighted by molar-refractivity contribution is 5.79. The van der Waals surface area contributed by atoms with Crippen LogP contribution in [-0.2, 0) is 16.8 Å². The van der Waals surface area contributed by atoms with Crippen LogP contribution in [-0.4, -0.2) is 41.1 Å². The molecule has 35 heavy (non-hydrogen) atoms. The highest BCUT2D eigenvalue weighted by atomic mass is 16.5. The van der Waals surface area contributed by atoms with E-state index in [4.69, 9.17) is 9.26 Å². The van der Waals surface area contributed by atoms with Crippen LogP contribution < -0.4 is 10.1 Å². The third kappa shape index (κ3) is 6.28. The molecule has 0 spiro atoms. The van der Waals surface area contributed by atoms with Crippen LogP contribution in [0.3, 0.4) is 0 Å². The lowest BCUT2D eigenvalue weighted by atomic mass is 9.87. The number of ether oxygens (including phenoxy) is 1. The summed E-state index contributed by atoms with van der Waals surface area (Å²) in [5.41, 5.74) is 3.37. The molecule has 1 N–H and O–H groups in total. The number of rotatable bonds is 7. The zero-order chi connectivity index (χ0) is 25.0. The number of hydrogen-bond donors (Lipinski definition) is 1. The second kappa shape index (κ2) is 10.6. The Morgan fingerprint density at radius 1 is 1.17 bits per heavy atom. The van der Waals surface area contributed by atoms with Crippen LogP contribution in [0.15, 0.2) is 53.1 Å². The zero-order valence-electron chi connectivity index (χ0n) is 21.4. The number of aromatic nitrogens is 2. The Labute approximate surface area is 207 Å². The maximum Gasteiger partial charge on any atom is 0.241 e. The molecule has 2 aromatic carbocycles. The lowest BCUT2D eigenvalue weighted by Crippen LogP contribution is -2.43. The van der Waals surface area contributed by atoms with E-state index in [9.17, 15) is 4.79 Å². The summed E-state index contributed by atoms with van der Waals surface area (Å²) in [6, 6.07) is 16.1. The van der Waals surface area contributed by atoms with Gasteiger partial charge in [0.15, 0.2) is 0 Å². The number of carbonyl (C=O) groups is 1. The molecule has 1 aliphatic heterocycles. The van der Waals surface area contributed by atoms with Crippen LogP contribution in [0.25, 0.3) is 11.4 Å². The molecule has 2 unspecified atom stereocenters. The van der Waals surface area contributed by atoms with Crippen LogP contribution >= 0.6 is 0 Å². The molecule has 0 aliphatic carbocycles. The van der Waals surface area contributed by atoms with E-state index in [1.807, 2.05) is 43.3 Å². The van der Waals surface area contributed by atoms with Gasteiger partial charge in [0.2, 0.25) is 17.6 Å². The number of nitrogens with one attached hydrogen (secondary N) is 1. The number of carbonyl (C=O) groups excluding carboxylic acids is 1. The van der Waals surface area contributed by atoms with Gasteiger partial charge in [0.1, 0.15) is 5.75 Å². The minimum Gasteiger partial charge on any atom is -0.497 e. The molecular weight excluding hydrogens is 440 g/mol. The first-order valence-electron chi connectivity index (χ1n) is 12.3. The molecule has 1 fully saturated rings. The molecule has 2 heterocycles. The molecular formula is C28H36N4O3. The van der Waals surface area contributed by atoms with E-state index < -0.39 is 0 Å². The number of piperidine rings is 1.